The van der Waals surface area contributed by atoms with E-state index in [9.17, 15) is 12.3 Å². The van der Waals surface area contributed by atoms with Gasteiger partial charge in [-0.2, -0.15) is 8.42 Å². The van der Waals surface area contributed by atoms with Crippen molar-refractivity contribution in [3.8, 4) is 5.75 Å². The van der Waals surface area contributed by atoms with Crippen LogP contribution in [-0.2, 0) is 10.2 Å². The standard InChI is InChI=1S/C6H3Cl2FO3S/c7-4-1-3(13(9,11)12)2-5(8)6(4)10/h1-2,10H. The van der Waals surface area contributed by atoms with E-state index in [0.29, 0.717) is 0 Å². The molecule has 0 unspecified atom stereocenters. The minimum Gasteiger partial charge on any atom is -0.505 e. The van der Waals surface area contributed by atoms with Crippen LogP contribution in [-0.4, -0.2) is 13.5 Å². The summed E-state index contributed by atoms with van der Waals surface area (Å²) < 4.78 is 33.2. The van der Waals surface area contributed by atoms with Gasteiger partial charge < -0.3 is 5.11 Å². The highest BCUT2D eigenvalue weighted by Crippen LogP contribution is 2.34. The molecule has 0 fully saturated rings. The molecule has 0 atom stereocenters. The molecule has 0 saturated heterocycles. The average molecular weight is 245 g/mol. The Morgan fingerprint density at radius 3 is 1.92 bits per heavy atom. The number of halogens is 3. The van der Waals surface area contributed by atoms with Crippen LogP contribution in [0.5, 0.6) is 5.75 Å². The van der Waals surface area contributed by atoms with Crippen LogP contribution in [0.4, 0.5) is 3.89 Å². The Labute approximate surface area is 83.9 Å². The summed E-state index contributed by atoms with van der Waals surface area (Å²) in [4.78, 5) is -0.680. The van der Waals surface area contributed by atoms with E-state index in [1.165, 1.54) is 0 Å². The molecule has 0 spiro atoms. The summed E-state index contributed by atoms with van der Waals surface area (Å²) in [7, 11) is -4.84. The number of phenolic OH excluding ortho intramolecular Hbond substituents is 1. The number of rotatable bonds is 1. The molecule has 1 aromatic rings. The Bertz CT molecular complexity index is 420. The Hall–Kier alpha value is -0.520. The first kappa shape index (κ1) is 10.6. The van der Waals surface area contributed by atoms with Gasteiger partial charge in [0, 0.05) is 0 Å². The van der Waals surface area contributed by atoms with Crippen molar-refractivity contribution in [1.82, 2.24) is 0 Å². The third-order valence-electron chi connectivity index (χ3n) is 1.27. The van der Waals surface area contributed by atoms with Crippen molar-refractivity contribution in [2.75, 3.05) is 0 Å². The average Bonchev–Trinajstić information content (AvgIpc) is 1.97. The molecular weight excluding hydrogens is 242 g/mol. The van der Waals surface area contributed by atoms with E-state index in [4.69, 9.17) is 28.3 Å². The molecule has 0 aromatic heterocycles. The van der Waals surface area contributed by atoms with Crippen molar-refractivity contribution < 1.29 is 17.4 Å². The fourth-order valence-corrected chi connectivity index (χ4v) is 1.82. The van der Waals surface area contributed by atoms with Crippen LogP contribution in [0.25, 0.3) is 0 Å². The van der Waals surface area contributed by atoms with Crippen molar-refractivity contribution >= 4 is 33.4 Å². The van der Waals surface area contributed by atoms with E-state index in [0.717, 1.165) is 12.1 Å². The normalized spacial score (nSPS) is 11.6. The molecule has 0 radical (unpaired) electrons. The molecule has 0 heterocycles. The van der Waals surface area contributed by atoms with Crippen LogP contribution in [0.15, 0.2) is 17.0 Å². The second-order valence-corrected chi connectivity index (χ2v) is 4.33. The number of aromatic hydroxyl groups is 1. The van der Waals surface area contributed by atoms with Crippen LogP contribution < -0.4 is 0 Å². The highest BCUT2D eigenvalue weighted by Gasteiger charge is 2.16. The molecule has 0 bridgehead atoms. The summed E-state index contributed by atoms with van der Waals surface area (Å²) in [6.45, 7) is 0. The van der Waals surface area contributed by atoms with Crippen molar-refractivity contribution in [2.45, 2.75) is 4.90 Å². The lowest BCUT2D eigenvalue weighted by Gasteiger charge is -2.01. The number of hydrogen-bond acceptors (Lipinski definition) is 3. The van der Waals surface area contributed by atoms with Gasteiger partial charge in [-0.05, 0) is 12.1 Å². The van der Waals surface area contributed by atoms with Crippen molar-refractivity contribution in [3.05, 3.63) is 22.2 Å². The highest BCUT2D eigenvalue weighted by atomic mass is 35.5. The maximum atomic E-state index is 12.4. The molecule has 1 aromatic carbocycles. The maximum Gasteiger partial charge on any atom is 0.332 e. The molecule has 0 aliphatic heterocycles. The van der Waals surface area contributed by atoms with Gasteiger partial charge >= 0.3 is 10.2 Å². The Kier molecular flexibility index (Phi) is 2.70. The second kappa shape index (κ2) is 3.32. The molecule has 0 amide bonds. The maximum absolute atomic E-state index is 12.4. The number of benzene rings is 1. The van der Waals surface area contributed by atoms with Gasteiger partial charge in [0.25, 0.3) is 0 Å². The van der Waals surface area contributed by atoms with E-state index < -0.39 is 20.9 Å². The van der Waals surface area contributed by atoms with Crippen LogP contribution >= 0.6 is 23.2 Å². The van der Waals surface area contributed by atoms with Gasteiger partial charge in [0.2, 0.25) is 0 Å². The summed E-state index contributed by atoms with van der Waals surface area (Å²) in [5.74, 6) is -0.476. The van der Waals surface area contributed by atoms with Crippen molar-refractivity contribution in [2.24, 2.45) is 0 Å². The Balaban J connectivity index is 3.47. The zero-order valence-corrected chi connectivity index (χ0v) is 8.29. The number of hydrogen-bond donors (Lipinski definition) is 1. The van der Waals surface area contributed by atoms with Gasteiger partial charge in [-0.25, -0.2) is 0 Å². The quantitative estimate of drug-likeness (QED) is 0.772. The van der Waals surface area contributed by atoms with Crippen molar-refractivity contribution in [1.29, 1.82) is 0 Å². The first-order valence-electron chi connectivity index (χ1n) is 2.95. The van der Waals surface area contributed by atoms with E-state index >= 15 is 0 Å². The summed E-state index contributed by atoms with van der Waals surface area (Å²) in [6, 6.07) is 1.55. The minimum atomic E-state index is -4.84. The fraction of sp³-hybridized carbons (Fsp3) is 0. The molecule has 72 valence electrons. The van der Waals surface area contributed by atoms with Gasteiger partial charge in [0.05, 0.1) is 10.0 Å². The van der Waals surface area contributed by atoms with Gasteiger partial charge in [0.1, 0.15) is 4.90 Å². The predicted molar refractivity (Wildman–Crippen MR) is 46.4 cm³/mol. The predicted octanol–water partition coefficient (Wildman–Crippen LogP) is 2.36. The highest BCUT2D eigenvalue weighted by molar-refractivity contribution is 7.86. The summed E-state index contributed by atoms with van der Waals surface area (Å²) in [5.41, 5.74) is 0. The topological polar surface area (TPSA) is 54.4 Å². The Morgan fingerprint density at radius 1 is 1.23 bits per heavy atom. The first-order chi connectivity index (χ1) is 5.82. The van der Waals surface area contributed by atoms with E-state index in [-0.39, 0.29) is 10.0 Å². The van der Waals surface area contributed by atoms with Gasteiger partial charge in [0.15, 0.2) is 5.75 Å². The number of phenols is 1. The van der Waals surface area contributed by atoms with Crippen LogP contribution in [0.2, 0.25) is 10.0 Å². The van der Waals surface area contributed by atoms with E-state index in [2.05, 4.69) is 0 Å². The van der Waals surface area contributed by atoms with Gasteiger partial charge in [-0.15, -0.1) is 3.89 Å². The lowest BCUT2D eigenvalue weighted by atomic mass is 10.3. The third-order valence-corrected chi connectivity index (χ3v) is 2.65. The largest absolute Gasteiger partial charge is 0.505 e. The third kappa shape index (κ3) is 2.24. The first-order valence-corrected chi connectivity index (χ1v) is 5.09. The van der Waals surface area contributed by atoms with E-state index in [1.54, 1.807) is 0 Å². The van der Waals surface area contributed by atoms with Gasteiger partial charge in [-0.3, -0.25) is 0 Å². The van der Waals surface area contributed by atoms with E-state index in [1.807, 2.05) is 0 Å². The summed E-state index contributed by atoms with van der Waals surface area (Å²) in [5, 5.41) is 8.38. The molecule has 0 aliphatic carbocycles. The zero-order valence-electron chi connectivity index (χ0n) is 5.96. The van der Waals surface area contributed by atoms with Crippen molar-refractivity contribution in [3.63, 3.8) is 0 Å². The fourth-order valence-electron chi connectivity index (χ4n) is 0.683. The zero-order chi connectivity index (χ0) is 10.2. The molecule has 7 heteroatoms. The smallest absolute Gasteiger partial charge is 0.332 e. The molecule has 1 N–H and O–H groups in total. The molecular formula is C6H3Cl2FO3S. The van der Waals surface area contributed by atoms with Crippen LogP contribution in [0.1, 0.15) is 0 Å². The minimum absolute atomic E-state index is 0.316. The van der Waals surface area contributed by atoms with Gasteiger partial charge in [-0.1, -0.05) is 23.2 Å². The molecule has 13 heavy (non-hydrogen) atoms. The lowest BCUT2D eigenvalue weighted by Crippen LogP contribution is -1.91. The molecule has 0 aliphatic rings. The molecule has 1 rings (SSSR count). The molecule has 0 saturated carbocycles. The lowest BCUT2D eigenvalue weighted by molar-refractivity contribution is 0.475. The SMILES string of the molecule is O=S(=O)(F)c1cc(Cl)c(O)c(Cl)c1. The second-order valence-electron chi connectivity index (χ2n) is 2.17. The Morgan fingerprint density at radius 2 is 1.62 bits per heavy atom. The van der Waals surface area contributed by atoms with Crippen LogP contribution in [0.3, 0.4) is 0 Å². The van der Waals surface area contributed by atoms with Crippen LogP contribution in [0, 0.1) is 0 Å². The summed E-state index contributed by atoms with van der Waals surface area (Å²) in [6.07, 6.45) is 0. The summed E-state index contributed by atoms with van der Waals surface area (Å²) >= 11 is 10.7. The molecule has 3 nitrogen and oxygen atoms in total. The monoisotopic (exact) mass is 244 g/mol.